The van der Waals surface area contributed by atoms with E-state index in [2.05, 4.69) is 25.9 Å². The van der Waals surface area contributed by atoms with Crippen LogP contribution in [0.15, 0.2) is 101 Å². The molecule has 4 N–H and O–H groups in total. The average molecular weight is 802 g/mol. The lowest BCUT2D eigenvalue weighted by Gasteiger charge is -2.36. The maximum Gasteiger partial charge on any atom is 0.259 e. The summed E-state index contributed by atoms with van der Waals surface area (Å²) in [6.07, 6.45) is 6.63. The van der Waals surface area contributed by atoms with Gasteiger partial charge < -0.3 is 14.9 Å². The first-order chi connectivity index (χ1) is 26.1. The normalized spacial score (nSPS) is 14.7. The fourth-order valence-corrected chi connectivity index (χ4v) is 8.24. The molecule has 276 valence electrons. The molecule has 54 heavy (non-hydrogen) atoms. The van der Waals surface area contributed by atoms with E-state index >= 15 is 0 Å². The molecule has 11 nitrogen and oxygen atoms in total. The maximum absolute atomic E-state index is 14.1. The third-order valence-corrected chi connectivity index (χ3v) is 10.9. The van der Waals surface area contributed by atoms with E-state index in [4.69, 9.17) is 52.4 Å². The number of likely N-dealkylation sites (tertiary alicyclic amines) is 1. The first kappa shape index (κ1) is 37.3. The van der Waals surface area contributed by atoms with E-state index in [-0.39, 0.29) is 48.1 Å². The number of ether oxygens (including phenoxy) is 1. The van der Waals surface area contributed by atoms with E-state index in [9.17, 15) is 19.8 Å². The zero-order chi connectivity index (χ0) is 38.1. The van der Waals surface area contributed by atoms with Crippen molar-refractivity contribution in [2.45, 2.75) is 37.8 Å². The molecule has 3 aromatic heterocycles. The Labute approximate surface area is 329 Å². The Morgan fingerprint density at radius 2 is 1.44 bits per heavy atom. The molecule has 1 aliphatic heterocycles. The summed E-state index contributed by atoms with van der Waals surface area (Å²) in [6.45, 7) is 1.26. The average Bonchev–Trinajstić information content (AvgIpc) is 3.16. The van der Waals surface area contributed by atoms with Crippen molar-refractivity contribution in [3.8, 4) is 28.9 Å². The molecule has 6 aromatic rings. The van der Waals surface area contributed by atoms with Crippen molar-refractivity contribution in [3.63, 3.8) is 0 Å². The number of rotatable bonds is 9. The molecular weight excluding hydrogens is 768 g/mol. The molecule has 0 amide bonds. The summed E-state index contributed by atoms with van der Waals surface area (Å²) in [7, 11) is 1.57. The predicted octanol–water partition coefficient (Wildman–Crippen LogP) is 8.13. The number of aromatic amines is 2. The van der Waals surface area contributed by atoms with Crippen molar-refractivity contribution in [1.29, 1.82) is 0 Å². The van der Waals surface area contributed by atoms with Crippen LogP contribution in [0.25, 0.3) is 11.4 Å². The fraction of sp³-hybridized carbons (Fsp3) is 0.205. The van der Waals surface area contributed by atoms with Gasteiger partial charge in [0.1, 0.15) is 5.75 Å². The summed E-state index contributed by atoms with van der Waals surface area (Å²) < 4.78 is 7.99. The second kappa shape index (κ2) is 15.7. The van der Waals surface area contributed by atoms with Crippen molar-refractivity contribution in [2.75, 3.05) is 13.7 Å². The number of hydrogen-bond donors (Lipinski definition) is 4. The second-order valence-electron chi connectivity index (χ2n) is 12.8. The highest BCUT2D eigenvalue weighted by Gasteiger charge is 2.34. The molecule has 1 atom stereocenters. The number of para-hydroxylation sites is 2. The van der Waals surface area contributed by atoms with E-state index in [0.29, 0.717) is 17.9 Å². The molecule has 0 aliphatic carbocycles. The van der Waals surface area contributed by atoms with Gasteiger partial charge in [0.25, 0.3) is 11.1 Å². The number of nitrogens with one attached hydrogen (secondary N) is 2. The van der Waals surface area contributed by atoms with Gasteiger partial charge >= 0.3 is 0 Å². The van der Waals surface area contributed by atoms with E-state index in [1.54, 1.807) is 74.0 Å². The Bertz CT molecular complexity index is 2490. The zero-order valence-corrected chi connectivity index (χ0v) is 32.0. The lowest BCUT2D eigenvalue weighted by molar-refractivity contribution is 0.139. The summed E-state index contributed by atoms with van der Waals surface area (Å²) in [4.78, 5) is 40.3. The molecule has 0 saturated carbocycles. The second-order valence-corrected chi connectivity index (χ2v) is 14.4. The predicted molar refractivity (Wildman–Crippen MR) is 213 cm³/mol. The van der Waals surface area contributed by atoms with Crippen molar-refractivity contribution < 1.29 is 14.9 Å². The fourth-order valence-electron chi connectivity index (χ4n) is 7.24. The number of H-pyrrole nitrogens is 2. The highest BCUT2D eigenvalue weighted by molar-refractivity contribution is 7.71. The number of benzene rings is 3. The number of pyridine rings is 1. The van der Waals surface area contributed by atoms with Gasteiger partial charge in [0.15, 0.2) is 9.54 Å². The first-order valence-electron chi connectivity index (χ1n) is 17.1. The summed E-state index contributed by atoms with van der Waals surface area (Å²) in [6, 6.07) is 22.6. The van der Waals surface area contributed by atoms with Crippen LogP contribution in [0, 0.1) is 9.54 Å². The van der Waals surface area contributed by atoms with E-state index in [1.165, 1.54) is 9.13 Å². The number of hydrogen-bond acceptors (Lipinski definition) is 9. The van der Waals surface area contributed by atoms with Crippen LogP contribution in [0.5, 0.6) is 17.5 Å². The number of halogens is 2. The van der Waals surface area contributed by atoms with Crippen LogP contribution in [0.3, 0.4) is 0 Å². The smallest absolute Gasteiger partial charge is 0.259 e. The Morgan fingerprint density at radius 3 is 1.98 bits per heavy atom. The van der Waals surface area contributed by atoms with E-state index in [0.717, 1.165) is 36.9 Å². The van der Waals surface area contributed by atoms with Crippen LogP contribution < -0.4 is 15.9 Å². The van der Waals surface area contributed by atoms with Gasteiger partial charge in [-0.1, -0.05) is 66.0 Å². The molecule has 4 heterocycles. The van der Waals surface area contributed by atoms with E-state index in [1.807, 2.05) is 18.3 Å². The number of nitrogens with zero attached hydrogens (tertiary/aromatic N) is 4. The minimum absolute atomic E-state index is 0.0961. The minimum atomic E-state index is -1.40. The highest BCUT2D eigenvalue weighted by atomic mass is 35.5. The van der Waals surface area contributed by atoms with Gasteiger partial charge in [-0.05, 0) is 97.4 Å². The molecular formula is C39H34Cl2N6O5S2. The third kappa shape index (κ3) is 7.01. The van der Waals surface area contributed by atoms with Crippen LogP contribution in [0.4, 0.5) is 0 Å². The molecule has 1 saturated heterocycles. The van der Waals surface area contributed by atoms with Crippen molar-refractivity contribution >= 4 is 47.6 Å². The monoisotopic (exact) mass is 800 g/mol. The van der Waals surface area contributed by atoms with Crippen LogP contribution in [0.1, 0.15) is 59.0 Å². The Hall–Kier alpha value is -5.05. The molecule has 1 aliphatic rings. The topological polar surface area (TPSA) is 141 Å². The van der Waals surface area contributed by atoms with Gasteiger partial charge in [-0.3, -0.25) is 38.6 Å². The number of aromatic nitrogens is 5. The van der Waals surface area contributed by atoms with Gasteiger partial charge in [-0.25, -0.2) is 0 Å². The SMILES string of the molecule is COc1ccc(C(c2c(O)n(-c3ccccc3Cl)c(=S)[nH]c2=O)c2c(O)n(-c3ccccc3Cl)c(=S)[nH]c2=O)cc1CN1CCCC[C@H]1c1cccnc1. The minimum Gasteiger partial charge on any atom is -0.496 e. The van der Waals surface area contributed by atoms with Crippen LogP contribution >= 0.6 is 47.6 Å². The number of aromatic hydroxyl groups is 2. The summed E-state index contributed by atoms with van der Waals surface area (Å²) >= 11 is 24.2. The van der Waals surface area contributed by atoms with Crippen molar-refractivity contribution in [2.24, 2.45) is 0 Å². The van der Waals surface area contributed by atoms with Crippen LogP contribution in [0.2, 0.25) is 10.0 Å². The van der Waals surface area contributed by atoms with Gasteiger partial charge in [0, 0.05) is 30.5 Å². The van der Waals surface area contributed by atoms with Gasteiger partial charge in [0.05, 0.1) is 45.6 Å². The van der Waals surface area contributed by atoms with Gasteiger partial charge in [-0.15, -0.1) is 0 Å². The third-order valence-electron chi connectivity index (χ3n) is 9.70. The summed E-state index contributed by atoms with van der Waals surface area (Å²) in [5.41, 5.74) is 0.648. The van der Waals surface area contributed by atoms with Crippen LogP contribution in [-0.2, 0) is 6.54 Å². The standard InChI is InChI=1S/C39H34Cl2N6O5S2/c1-52-30-16-15-22(19-24(30)21-45-18-7-6-12-27(45)23-9-8-17-42-20-23)31(32-34(48)43-38(53)46(36(32)50)28-13-4-2-10-25(28)40)33-35(49)44-39(54)47(37(33)51)29-14-5-3-11-26(29)41/h2-5,8-11,13-17,19-20,27,31,50-51H,6-7,12,18,21H2,1H3,(H,43,48,53)(H,44,49,54)/t27-/m0/s1. The van der Waals surface area contributed by atoms with Gasteiger partial charge in [-0.2, -0.15) is 0 Å². The quantitative estimate of drug-likeness (QED) is 0.107. The molecule has 0 spiro atoms. The van der Waals surface area contributed by atoms with E-state index < -0.39 is 28.8 Å². The lowest BCUT2D eigenvalue weighted by atomic mass is 9.85. The molecule has 1 fully saturated rings. The summed E-state index contributed by atoms with van der Waals surface area (Å²) in [5.74, 6) is -2.00. The highest BCUT2D eigenvalue weighted by Crippen LogP contribution is 2.41. The lowest BCUT2D eigenvalue weighted by Crippen LogP contribution is -2.33. The van der Waals surface area contributed by atoms with Crippen LogP contribution in [-0.4, -0.2) is 52.9 Å². The zero-order valence-electron chi connectivity index (χ0n) is 28.8. The number of piperidine rings is 1. The largest absolute Gasteiger partial charge is 0.496 e. The summed E-state index contributed by atoms with van der Waals surface area (Å²) in [5, 5.41) is 24.7. The van der Waals surface area contributed by atoms with Crippen molar-refractivity contribution in [1.82, 2.24) is 29.0 Å². The Kier molecular flexibility index (Phi) is 10.9. The molecule has 0 radical (unpaired) electrons. The van der Waals surface area contributed by atoms with Gasteiger partial charge in [0.2, 0.25) is 11.8 Å². The number of methoxy groups -OCH3 is 1. The molecule has 0 bridgehead atoms. The molecule has 15 heteroatoms. The van der Waals surface area contributed by atoms with Crippen molar-refractivity contribution in [3.05, 3.63) is 159 Å². The Morgan fingerprint density at radius 1 is 0.852 bits per heavy atom. The maximum atomic E-state index is 14.1. The first-order valence-corrected chi connectivity index (χ1v) is 18.6. The molecule has 3 aromatic carbocycles. The Balaban J connectivity index is 1.49. The molecule has 7 rings (SSSR count). The molecule has 0 unspecified atom stereocenters.